The van der Waals surface area contributed by atoms with E-state index in [-0.39, 0.29) is 12.5 Å². The number of nitrogens with one attached hydrogen (secondary N) is 1. The molecule has 1 aliphatic heterocycles. The van der Waals surface area contributed by atoms with Crippen molar-refractivity contribution in [2.24, 2.45) is 0 Å². The molecule has 0 bridgehead atoms. The van der Waals surface area contributed by atoms with Gasteiger partial charge in [0.2, 0.25) is 0 Å². The monoisotopic (exact) mass is 297 g/mol. The van der Waals surface area contributed by atoms with Gasteiger partial charge in [-0.05, 0) is 35.7 Å². The number of fused-ring (bicyclic) bond motifs is 1. The number of amides is 1. The molecular formula is C18H19NO3. The van der Waals surface area contributed by atoms with Crippen molar-refractivity contribution in [3.05, 3.63) is 59.7 Å². The van der Waals surface area contributed by atoms with Crippen LogP contribution in [-0.4, -0.2) is 25.7 Å². The molecule has 4 heteroatoms. The normalized spacial score (nSPS) is 12.4. The zero-order valence-electron chi connectivity index (χ0n) is 12.4. The van der Waals surface area contributed by atoms with Crippen molar-refractivity contribution in [3.63, 3.8) is 0 Å². The Labute approximate surface area is 130 Å². The third kappa shape index (κ3) is 3.79. The van der Waals surface area contributed by atoms with Gasteiger partial charge >= 0.3 is 0 Å². The lowest BCUT2D eigenvalue weighted by atomic mass is 10.1. The lowest BCUT2D eigenvalue weighted by Gasteiger charge is -2.08. The molecule has 1 N–H and O–H groups in total. The quantitative estimate of drug-likeness (QED) is 0.890. The Bertz CT molecular complexity index is 640. The summed E-state index contributed by atoms with van der Waals surface area (Å²) in [6.07, 6.45) is 1.78. The fraction of sp³-hybridized carbons (Fsp3) is 0.278. The highest BCUT2D eigenvalue weighted by molar-refractivity contribution is 5.77. The Hall–Kier alpha value is -2.49. The van der Waals surface area contributed by atoms with Crippen LogP contribution in [-0.2, 0) is 17.6 Å². The van der Waals surface area contributed by atoms with Crippen LogP contribution in [0.3, 0.4) is 0 Å². The van der Waals surface area contributed by atoms with Gasteiger partial charge in [0.05, 0.1) is 6.61 Å². The van der Waals surface area contributed by atoms with E-state index in [2.05, 4.69) is 17.4 Å². The van der Waals surface area contributed by atoms with Gasteiger partial charge in [0.15, 0.2) is 6.61 Å². The van der Waals surface area contributed by atoms with Crippen LogP contribution in [0.4, 0.5) is 0 Å². The van der Waals surface area contributed by atoms with Crippen LogP contribution in [0.5, 0.6) is 11.5 Å². The van der Waals surface area contributed by atoms with Crippen LogP contribution in [0.15, 0.2) is 48.5 Å². The van der Waals surface area contributed by atoms with Crippen molar-refractivity contribution in [2.75, 3.05) is 19.8 Å². The maximum atomic E-state index is 11.7. The zero-order valence-corrected chi connectivity index (χ0v) is 12.4. The first-order chi connectivity index (χ1) is 10.8. The highest BCUT2D eigenvalue weighted by Gasteiger charge is 2.11. The Balaban J connectivity index is 1.40. The molecule has 0 saturated carbocycles. The molecule has 0 atom stereocenters. The molecule has 0 aromatic heterocycles. The van der Waals surface area contributed by atoms with Gasteiger partial charge in [-0.25, -0.2) is 0 Å². The molecule has 0 saturated heterocycles. The molecule has 1 aliphatic rings. The smallest absolute Gasteiger partial charge is 0.257 e. The Morgan fingerprint density at radius 3 is 2.91 bits per heavy atom. The molecule has 0 aliphatic carbocycles. The van der Waals surface area contributed by atoms with E-state index in [9.17, 15) is 4.79 Å². The van der Waals surface area contributed by atoms with Gasteiger partial charge in [-0.2, -0.15) is 0 Å². The average Bonchev–Trinajstić information content (AvgIpc) is 3.02. The molecule has 0 unspecified atom stereocenters. The second-order valence-corrected chi connectivity index (χ2v) is 5.24. The van der Waals surface area contributed by atoms with Crippen LogP contribution in [0.25, 0.3) is 0 Å². The van der Waals surface area contributed by atoms with Crippen molar-refractivity contribution in [3.8, 4) is 11.5 Å². The second kappa shape index (κ2) is 6.98. The second-order valence-electron chi connectivity index (χ2n) is 5.24. The van der Waals surface area contributed by atoms with Crippen molar-refractivity contribution in [2.45, 2.75) is 12.8 Å². The summed E-state index contributed by atoms with van der Waals surface area (Å²) in [7, 11) is 0. The zero-order chi connectivity index (χ0) is 15.2. The van der Waals surface area contributed by atoms with E-state index in [1.165, 1.54) is 11.1 Å². The van der Waals surface area contributed by atoms with Crippen LogP contribution in [0.2, 0.25) is 0 Å². The minimum atomic E-state index is -0.103. The molecular weight excluding hydrogens is 278 g/mol. The van der Waals surface area contributed by atoms with Crippen molar-refractivity contribution >= 4 is 5.91 Å². The van der Waals surface area contributed by atoms with Gasteiger partial charge in [-0.15, -0.1) is 0 Å². The van der Waals surface area contributed by atoms with Crippen LogP contribution >= 0.6 is 0 Å². The highest BCUT2D eigenvalue weighted by Crippen LogP contribution is 2.25. The molecule has 1 amide bonds. The predicted molar refractivity (Wildman–Crippen MR) is 84.3 cm³/mol. The molecule has 1 heterocycles. The lowest BCUT2D eigenvalue weighted by molar-refractivity contribution is -0.123. The van der Waals surface area contributed by atoms with E-state index in [1.807, 2.05) is 36.4 Å². The van der Waals surface area contributed by atoms with E-state index in [1.54, 1.807) is 0 Å². The fourth-order valence-electron chi connectivity index (χ4n) is 2.46. The summed E-state index contributed by atoms with van der Waals surface area (Å²) >= 11 is 0. The standard InChI is InChI=1S/C18H19NO3/c20-18(13-22-16-4-2-1-3-5-16)19-10-8-14-6-7-17-15(12-14)9-11-21-17/h1-7,12H,8-11,13H2,(H,19,20). The molecule has 0 radical (unpaired) electrons. The topological polar surface area (TPSA) is 47.6 Å². The SMILES string of the molecule is O=C(COc1ccccc1)NCCc1ccc2c(c1)CCO2. The van der Waals surface area contributed by atoms with Crippen molar-refractivity contribution < 1.29 is 14.3 Å². The number of benzene rings is 2. The van der Waals surface area contributed by atoms with E-state index in [4.69, 9.17) is 9.47 Å². The van der Waals surface area contributed by atoms with Gasteiger partial charge in [0.1, 0.15) is 11.5 Å². The summed E-state index contributed by atoms with van der Waals surface area (Å²) in [5.74, 6) is 1.59. The summed E-state index contributed by atoms with van der Waals surface area (Å²) in [5.41, 5.74) is 2.48. The Morgan fingerprint density at radius 1 is 1.18 bits per heavy atom. The number of hydrogen-bond acceptors (Lipinski definition) is 3. The predicted octanol–water partition coefficient (Wildman–Crippen LogP) is 2.36. The third-order valence-electron chi connectivity index (χ3n) is 3.60. The fourth-order valence-corrected chi connectivity index (χ4v) is 2.46. The summed E-state index contributed by atoms with van der Waals surface area (Å²) in [4.78, 5) is 11.7. The third-order valence-corrected chi connectivity index (χ3v) is 3.60. The number of carbonyl (C=O) groups is 1. The molecule has 2 aromatic carbocycles. The molecule has 4 nitrogen and oxygen atoms in total. The molecule has 0 fully saturated rings. The molecule has 3 rings (SSSR count). The van der Waals surface area contributed by atoms with E-state index in [0.717, 1.165) is 25.2 Å². The van der Waals surface area contributed by atoms with E-state index >= 15 is 0 Å². The number of carbonyl (C=O) groups excluding carboxylic acids is 1. The molecule has 114 valence electrons. The summed E-state index contributed by atoms with van der Waals surface area (Å²) in [6, 6.07) is 15.6. The summed E-state index contributed by atoms with van der Waals surface area (Å²) < 4.78 is 10.9. The maximum absolute atomic E-state index is 11.7. The number of ether oxygens (including phenoxy) is 2. The minimum Gasteiger partial charge on any atom is -0.493 e. The first-order valence-corrected chi connectivity index (χ1v) is 7.50. The van der Waals surface area contributed by atoms with Crippen LogP contribution < -0.4 is 14.8 Å². The molecule has 2 aromatic rings. The minimum absolute atomic E-state index is 0.0437. The number of hydrogen-bond donors (Lipinski definition) is 1. The van der Waals surface area contributed by atoms with E-state index < -0.39 is 0 Å². The van der Waals surface area contributed by atoms with Gasteiger partial charge in [0.25, 0.3) is 5.91 Å². The van der Waals surface area contributed by atoms with Crippen molar-refractivity contribution in [1.29, 1.82) is 0 Å². The number of para-hydroxylation sites is 1. The van der Waals surface area contributed by atoms with Gasteiger partial charge in [0, 0.05) is 13.0 Å². The van der Waals surface area contributed by atoms with Crippen molar-refractivity contribution in [1.82, 2.24) is 5.32 Å². The molecule has 0 spiro atoms. The summed E-state index contributed by atoms with van der Waals surface area (Å²) in [6.45, 7) is 1.42. The van der Waals surface area contributed by atoms with Crippen LogP contribution in [0, 0.1) is 0 Å². The first kappa shape index (κ1) is 14.4. The van der Waals surface area contributed by atoms with E-state index in [0.29, 0.717) is 12.3 Å². The van der Waals surface area contributed by atoms with Gasteiger partial charge < -0.3 is 14.8 Å². The Morgan fingerprint density at radius 2 is 2.05 bits per heavy atom. The lowest BCUT2D eigenvalue weighted by Crippen LogP contribution is -2.30. The highest BCUT2D eigenvalue weighted by atomic mass is 16.5. The van der Waals surface area contributed by atoms with Gasteiger partial charge in [-0.3, -0.25) is 4.79 Å². The first-order valence-electron chi connectivity index (χ1n) is 7.50. The Kier molecular flexibility index (Phi) is 4.59. The molecule has 22 heavy (non-hydrogen) atoms. The summed E-state index contributed by atoms with van der Waals surface area (Å²) in [5, 5.41) is 2.87. The van der Waals surface area contributed by atoms with Crippen LogP contribution in [0.1, 0.15) is 11.1 Å². The average molecular weight is 297 g/mol. The maximum Gasteiger partial charge on any atom is 0.257 e. The largest absolute Gasteiger partial charge is 0.493 e. The van der Waals surface area contributed by atoms with Gasteiger partial charge in [-0.1, -0.05) is 30.3 Å². The number of rotatable bonds is 6.